The Morgan fingerprint density at radius 1 is 1.14 bits per heavy atom. The van der Waals surface area contributed by atoms with Gasteiger partial charge in [-0.05, 0) is 62.0 Å². The van der Waals surface area contributed by atoms with Gasteiger partial charge in [0.05, 0.1) is 6.26 Å². The van der Waals surface area contributed by atoms with Crippen molar-refractivity contribution in [1.82, 2.24) is 10.2 Å². The second kappa shape index (κ2) is 8.48. The molecular formula is C21H25N3O4. The van der Waals surface area contributed by atoms with Gasteiger partial charge in [0, 0.05) is 24.8 Å². The van der Waals surface area contributed by atoms with Crippen molar-refractivity contribution in [3.63, 3.8) is 0 Å². The molecule has 2 atom stereocenters. The van der Waals surface area contributed by atoms with Crippen molar-refractivity contribution in [3.8, 4) is 5.75 Å². The zero-order chi connectivity index (χ0) is 19.3. The van der Waals surface area contributed by atoms with E-state index in [1.165, 1.54) is 6.26 Å². The van der Waals surface area contributed by atoms with Gasteiger partial charge in [-0.1, -0.05) is 6.07 Å². The molecule has 4 rings (SSSR count). The van der Waals surface area contributed by atoms with E-state index < -0.39 is 0 Å². The number of fused-ring (bicyclic) bond motifs is 1. The topological polar surface area (TPSA) is 83.8 Å². The molecule has 2 aromatic rings. The highest BCUT2D eigenvalue weighted by atomic mass is 16.5. The van der Waals surface area contributed by atoms with Crippen LogP contribution in [0, 0.1) is 11.8 Å². The third-order valence-corrected chi connectivity index (χ3v) is 5.57. The predicted octanol–water partition coefficient (Wildman–Crippen LogP) is 2.37. The number of nitrogens with one attached hydrogen (secondary N) is 2. The Balaban J connectivity index is 1.29. The van der Waals surface area contributed by atoms with Crippen LogP contribution >= 0.6 is 0 Å². The zero-order valence-corrected chi connectivity index (χ0v) is 15.7. The largest absolute Gasteiger partial charge is 0.484 e. The lowest BCUT2D eigenvalue weighted by atomic mass is 9.92. The number of likely N-dealkylation sites (tertiary alicyclic amines) is 1. The lowest BCUT2D eigenvalue weighted by Crippen LogP contribution is -2.36. The number of hydrogen-bond acceptors (Lipinski definition) is 5. The van der Waals surface area contributed by atoms with E-state index in [-0.39, 0.29) is 24.2 Å². The van der Waals surface area contributed by atoms with Crippen molar-refractivity contribution in [2.24, 2.45) is 11.8 Å². The average Bonchev–Trinajstić information content (AvgIpc) is 3.36. The van der Waals surface area contributed by atoms with Crippen molar-refractivity contribution in [2.75, 3.05) is 38.1 Å². The number of nitrogens with zero attached hydrogens (tertiary/aromatic N) is 1. The number of anilines is 1. The Labute approximate surface area is 164 Å². The summed E-state index contributed by atoms with van der Waals surface area (Å²) in [5.41, 5.74) is 0.585. The number of carbonyl (C=O) groups excluding carboxylic acids is 2. The first-order valence-corrected chi connectivity index (χ1v) is 9.75. The van der Waals surface area contributed by atoms with Crippen molar-refractivity contribution in [3.05, 3.63) is 48.4 Å². The highest BCUT2D eigenvalue weighted by Crippen LogP contribution is 2.27. The van der Waals surface area contributed by atoms with Gasteiger partial charge in [0.15, 0.2) is 12.4 Å². The molecule has 0 bridgehead atoms. The van der Waals surface area contributed by atoms with E-state index in [4.69, 9.17) is 9.15 Å². The molecule has 0 saturated carbocycles. The van der Waals surface area contributed by atoms with Crippen LogP contribution in [0.5, 0.6) is 5.75 Å². The van der Waals surface area contributed by atoms with Gasteiger partial charge in [-0.3, -0.25) is 9.59 Å². The smallest absolute Gasteiger partial charge is 0.291 e. The van der Waals surface area contributed by atoms with Gasteiger partial charge in [0.1, 0.15) is 5.75 Å². The normalized spacial score (nSPS) is 21.6. The number of amides is 2. The first-order valence-electron chi connectivity index (χ1n) is 9.75. The highest BCUT2D eigenvalue weighted by molar-refractivity contribution is 6.02. The molecular weight excluding hydrogens is 358 g/mol. The van der Waals surface area contributed by atoms with Gasteiger partial charge in [0.25, 0.3) is 11.8 Å². The van der Waals surface area contributed by atoms with E-state index in [9.17, 15) is 9.59 Å². The Morgan fingerprint density at radius 2 is 1.93 bits per heavy atom. The van der Waals surface area contributed by atoms with Gasteiger partial charge in [0.2, 0.25) is 0 Å². The number of ether oxygens (including phenoxy) is 1. The van der Waals surface area contributed by atoms with E-state index in [2.05, 4.69) is 10.6 Å². The minimum atomic E-state index is -0.331. The Hall–Kier alpha value is -2.80. The summed E-state index contributed by atoms with van der Waals surface area (Å²) >= 11 is 0. The van der Waals surface area contributed by atoms with Gasteiger partial charge in [-0.25, -0.2) is 0 Å². The summed E-state index contributed by atoms with van der Waals surface area (Å²) in [7, 11) is 0. The summed E-state index contributed by atoms with van der Waals surface area (Å²) in [6.45, 7) is 3.73. The molecule has 0 radical (unpaired) electrons. The van der Waals surface area contributed by atoms with Crippen LogP contribution in [0.4, 0.5) is 5.69 Å². The van der Waals surface area contributed by atoms with Crippen LogP contribution in [-0.2, 0) is 4.79 Å². The first-order chi connectivity index (χ1) is 13.7. The maximum Gasteiger partial charge on any atom is 0.291 e. The van der Waals surface area contributed by atoms with Crippen LogP contribution in [0.2, 0.25) is 0 Å². The first kappa shape index (κ1) is 18.6. The molecule has 0 spiro atoms. The third-order valence-electron chi connectivity index (χ3n) is 5.57. The van der Waals surface area contributed by atoms with Crippen LogP contribution < -0.4 is 15.4 Å². The highest BCUT2D eigenvalue weighted by Gasteiger charge is 2.31. The van der Waals surface area contributed by atoms with Crippen molar-refractivity contribution >= 4 is 17.5 Å². The summed E-state index contributed by atoms with van der Waals surface area (Å²) in [4.78, 5) is 26.5. The molecule has 2 amide bonds. The predicted molar refractivity (Wildman–Crippen MR) is 104 cm³/mol. The summed E-state index contributed by atoms with van der Waals surface area (Å²) in [6.07, 6.45) is 3.56. The van der Waals surface area contributed by atoms with Crippen LogP contribution in [-0.4, -0.2) is 49.5 Å². The summed E-state index contributed by atoms with van der Waals surface area (Å²) in [6, 6.07) is 10.3. The second-order valence-electron chi connectivity index (χ2n) is 7.38. The van der Waals surface area contributed by atoms with Gasteiger partial charge >= 0.3 is 0 Å². The molecule has 28 heavy (non-hydrogen) atoms. The number of hydrogen-bond donors (Lipinski definition) is 2. The minimum absolute atomic E-state index is 0.00314. The Morgan fingerprint density at radius 3 is 2.64 bits per heavy atom. The average molecular weight is 383 g/mol. The molecule has 2 fully saturated rings. The lowest BCUT2D eigenvalue weighted by Gasteiger charge is -2.21. The third kappa shape index (κ3) is 4.36. The Bertz CT molecular complexity index is 807. The molecule has 0 aliphatic carbocycles. The number of furan rings is 1. The molecule has 2 aliphatic heterocycles. The van der Waals surface area contributed by atoms with E-state index in [0.29, 0.717) is 23.3 Å². The Kier molecular flexibility index (Phi) is 5.62. The molecule has 148 valence electrons. The number of carbonyl (C=O) groups is 2. The molecule has 7 heteroatoms. The fourth-order valence-corrected chi connectivity index (χ4v) is 3.97. The van der Waals surface area contributed by atoms with Crippen molar-refractivity contribution in [1.29, 1.82) is 0 Å². The van der Waals surface area contributed by atoms with Gasteiger partial charge in [-0.15, -0.1) is 0 Å². The maximum atomic E-state index is 12.6. The van der Waals surface area contributed by atoms with E-state index in [1.54, 1.807) is 36.4 Å². The van der Waals surface area contributed by atoms with Crippen LogP contribution in [0.15, 0.2) is 47.1 Å². The summed E-state index contributed by atoms with van der Waals surface area (Å²) in [5.74, 6) is 1.84. The van der Waals surface area contributed by atoms with E-state index in [0.717, 1.165) is 39.0 Å². The number of rotatable bonds is 5. The van der Waals surface area contributed by atoms with Crippen LogP contribution in [0.25, 0.3) is 0 Å². The standard InChI is InChI=1S/C21H25N3O4/c25-20(24-8-6-15-12-22-13-16(15)7-9-24)14-28-18-4-1-3-17(11-18)23-21(26)19-5-2-10-27-19/h1-5,10-11,15-16,22H,6-9,12-14H2,(H,23,26)/t15-,16+. The number of benzene rings is 1. The molecule has 2 aliphatic rings. The SMILES string of the molecule is O=C(Nc1cccc(OCC(=O)N2CC[C@@H]3CNC[C@@H]3CC2)c1)c1ccco1. The molecule has 2 N–H and O–H groups in total. The molecule has 3 heterocycles. The minimum Gasteiger partial charge on any atom is -0.484 e. The summed E-state index contributed by atoms with van der Waals surface area (Å²) < 4.78 is 10.8. The zero-order valence-electron chi connectivity index (χ0n) is 15.7. The van der Waals surface area contributed by atoms with Crippen LogP contribution in [0.3, 0.4) is 0 Å². The van der Waals surface area contributed by atoms with Crippen molar-refractivity contribution in [2.45, 2.75) is 12.8 Å². The lowest BCUT2D eigenvalue weighted by molar-refractivity contribution is -0.133. The molecule has 0 unspecified atom stereocenters. The molecule has 1 aromatic heterocycles. The second-order valence-corrected chi connectivity index (χ2v) is 7.38. The van der Waals surface area contributed by atoms with E-state index >= 15 is 0 Å². The fraction of sp³-hybridized carbons (Fsp3) is 0.429. The van der Waals surface area contributed by atoms with Crippen molar-refractivity contribution < 1.29 is 18.7 Å². The van der Waals surface area contributed by atoms with Gasteiger partial charge < -0.3 is 24.7 Å². The molecule has 1 aromatic carbocycles. The maximum absolute atomic E-state index is 12.6. The molecule has 2 saturated heterocycles. The molecule has 7 nitrogen and oxygen atoms in total. The quantitative estimate of drug-likeness (QED) is 0.828. The van der Waals surface area contributed by atoms with E-state index in [1.807, 2.05) is 4.90 Å². The summed E-state index contributed by atoms with van der Waals surface area (Å²) in [5, 5.41) is 6.20. The monoisotopic (exact) mass is 383 g/mol. The van der Waals surface area contributed by atoms with Crippen LogP contribution in [0.1, 0.15) is 23.4 Å². The fourth-order valence-electron chi connectivity index (χ4n) is 3.97. The van der Waals surface area contributed by atoms with Gasteiger partial charge in [-0.2, -0.15) is 0 Å².